The van der Waals surface area contributed by atoms with Gasteiger partial charge < -0.3 is 19.9 Å². The molecule has 1 unspecified atom stereocenters. The van der Waals surface area contributed by atoms with Crippen LogP contribution in [-0.4, -0.2) is 41.8 Å². The number of halogens is 2. The number of nitrogens with zero attached hydrogens (tertiary/aromatic N) is 2. The third-order valence-electron chi connectivity index (χ3n) is 5.27. The minimum Gasteiger partial charge on any atom is -0.477 e. The zero-order valence-electron chi connectivity index (χ0n) is 14.3. The Labute approximate surface area is 148 Å². The third-order valence-corrected chi connectivity index (χ3v) is 5.27. The number of hydrogen-bond donors (Lipinski definition) is 2. The van der Waals surface area contributed by atoms with Crippen molar-refractivity contribution in [1.82, 2.24) is 9.88 Å². The highest BCUT2D eigenvalue weighted by Gasteiger charge is 2.32. The fraction of sp³-hybridized carbons (Fsp3) is 0.444. The highest BCUT2D eigenvalue weighted by molar-refractivity contribution is 5.94. The number of benzene rings is 1. The predicted octanol–water partition coefficient (Wildman–Crippen LogP) is 2.11. The molecule has 4 rings (SSSR count). The summed E-state index contributed by atoms with van der Waals surface area (Å²) in [5.41, 5.74) is -1.48. The average Bonchev–Trinajstić information content (AvgIpc) is 3.33. The van der Waals surface area contributed by atoms with Gasteiger partial charge in [-0.1, -0.05) is 0 Å². The zero-order chi connectivity index (χ0) is 18.6. The lowest BCUT2D eigenvalue weighted by atomic mass is 10.1. The average molecular weight is 363 g/mol. The molecule has 0 bridgehead atoms. The van der Waals surface area contributed by atoms with Crippen molar-refractivity contribution in [1.29, 1.82) is 0 Å². The number of aromatic carboxylic acids is 1. The van der Waals surface area contributed by atoms with Gasteiger partial charge in [0.15, 0.2) is 5.82 Å². The lowest BCUT2D eigenvalue weighted by Gasteiger charge is -2.22. The number of carbonyl (C=O) groups is 1. The van der Waals surface area contributed by atoms with Crippen LogP contribution in [0.4, 0.5) is 14.5 Å². The summed E-state index contributed by atoms with van der Waals surface area (Å²) in [6, 6.07) is 1.06. The van der Waals surface area contributed by atoms with Gasteiger partial charge in [-0.15, -0.1) is 0 Å². The molecular formula is C18H19F2N3O3. The summed E-state index contributed by atoms with van der Waals surface area (Å²) in [5.74, 6) is -3.03. The van der Waals surface area contributed by atoms with E-state index in [0.29, 0.717) is 13.1 Å². The molecular weight excluding hydrogens is 344 g/mol. The van der Waals surface area contributed by atoms with E-state index in [4.69, 9.17) is 0 Å². The summed E-state index contributed by atoms with van der Waals surface area (Å²) in [6.07, 6.45) is 3.50. The van der Waals surface area contributed by atoms with Crippen molar-refractivity contribution in [2.24, 2.45) is 0 Å². The van der Waals surface area contributed by atoms with Gasteiger partial charge in [-0.3, -0.25) is 4.79 Å². The molecule has 0 amide bonds. The van der Waals surface area contributed by atoms with Crippen molar-refractivity contribution in [3.63, 3.8) is 0 Å². The summed E-state index contributed by atoms with van der Waals surface area (Å²) >= 11 is 0. The molecule has 0 radical (unpaired) electrons. The first kappa shape index (κ1) is 17.0. The van der Waals surface area contributed by atoms with Gasteiger partial charge in [0.25, 0.3) is 0 Å². The standard InChI is InChI=1S/C18H19F2N3O3/c1-21-9-4-5-22(7-9)16-13(19)6-11-15(14(16)20)23(10-2-3-10)8-12(17(11)24)18(25)26/h6,8-10,21H,2-5,7H2,1H3,(H,25,26). The summed E-state index contributed by atoms with van der Waals surface area (Å²) in [6.45, 7) is 0.975. The van der Waals surface area contributed by atoms with Crippen LogP contribution in [0.2, 0.25) is 0 Å². The van der Waals surface area contributed by atoms with Crippen LogP contribution in [0.1, 0.15) is 35.7 Å². The number of hydrogen-bond acceptors (Lipinski definition) is 4. The molecule has 6 nitrogen and oxygen atoms in total. The number of likely N-dealkylation sites (N-methyl/N-ethyl adjacent to an activating group) is 1. The van der Waals surface area contributed by atoms with Crippen LogP contribution in [-0.2, 0) is 0 Å². The summed E-state index contributed by atoms with van der Waals surface area (Å²) in [7, 11) is 1.81. The summed E-state index contributed by atoms with van der Waals surface area (Å²) in [4.78, 5) is 25.4. The highest BCUT2D eigenvalue weighted by atomic mass is 19.1. The number of fused-ring (bicyclic) bond motifs is 1. The Hall–Kier alpha value is -2.48. The van der Waals surface area contributed by atoms with Gasteiger partial charge in [-0.25, -0.2) is 13.6 Å². The molecule has 1 aliphatic heterocycles. The molecule has 2 aliphatic rings. The zero-order valence-corrected chi connectivity index (χ0v) is 14.3. The largest absolute Gasteiger partial charge is 0.477 e. The number of carboxylic acids is 1. The van der Waals surface area contributed by atoms with Crippen LogP contribution in [0.25, 0.3) is 10.9 Å². The molecule has 1 atom stereocenters. The normalized spacial score (nSPS) is 20.1. The van der Waals surface area contributed by atoms with Crippen LogP contribution in [0.3, 0.4) is 0 Å². The van der Waals surface area contributed by atoms with Crippen LogP contribution in [0.15, 0.2) is 17.1 Å². The topological polar surface area (TPSA) is 74.6 Å². The van der Waals surface area contributed by atoms with Gasteiger partial charge in [0.1, 0.15) is 17.1 Å². The highest BCUT2D eigenvalue weighted by Crippen LogP contribution is 2.40. The van der Waals surface area contributed by atoms with E-state index in [2.05, 4.69) is 5.32 Å². The first-order chi connectivity index (χ1) is 12.4. The quantitative estimate of drug-likeness (QED) is 0.870. The van der Waals surface area contributed by atoms with Crippen molar-refractivity contribution >= 4 is 22.6 Å². The first-order valence-electron chi connectivity index (χ1n) is 8.64. The molecule has 138 valence electrons. The van der Waals surface area contributed by atoms with Crippen molar-refractivity contribution in [3.05, 3.63) is 39.7 Å². The SMILES string of the molecule is CNC1CCN(c2c(F)cc3c(=O)c(C(=O)O)cn(C4CC4)c3c2F)C1. The van der Waals surface area contributed by atoms with E-state index in [-0.39, 0.29) is 28.7 Å². The van der Waals surface area contributed by atoms with Gasteiger partial charge in [0.05, 0.1) is 10.9 Å². The number of nitrogens with one attached hydrogen (secondary N) is 1. The van der Waals surface area contributed by atoms with Crippen molar-refractivity contribution in [2.75, 3.05) is 25.0 Å². The minimum absolute atomic E-state index is 0.00759. The summed E-state index contributed by atoms with van der Waals surface area (Å²) in [5, 5.41) is 12.1. The number of rotatable bonds is 4. The Morgan fingerprint density at radius 3 is 2.62 bits per heavy atom. The van der Waals surface area contributed by atoms with E-state index in [1.807, 2.05) is 0 Å². The van der Waals surface area contributed by atoms with Gasteiger partial charge in [0, 0.05) is 31.4 Å². The van der Waals surface area contributed by atoms with Crippen molar-refractivity contribution in [3.8, 4) is 0 Å². The molecule has 2 heterocycles. The maximum absolute atomic E-state index is 15.4. The summed E-state index contributed by atoms with van der Waals surface area (Å²) < 4.78 is 31.6. The molecule has 1 aliphatic carbocycles. The lowest BCUT2D eigenvalue weighted by Crippen LogP contribution is -2.30. The molecule has 1 aromatic carbocycles. The smallest absolute Gasteiger partial charge is 0.341 e. The van der Waals surface area contributed by atoms with Crippen molar-refractivity contribution in [2.45, 2.75) is 31.3 Å². The Kier molecular flexibility index (Phi) is 3.95. The van der Waals surface area contributed by atoms with E-state index in [1.54, 1.807) is 11.9 Å². The second-order valence-electron chi connectivity index (χ2n) is 6.95. The van der Waals surface area contributed by atoms with Crippen LogP contribution < -0.4 is 15.6 Å². The lowest BCUT2D eigenvalue weighted by molar-refractivity contribution is 0.0695. The molecule has 26 heavy (non-hydrogen) atoms. The molecule has 1 aromatic heterocycles. The van der Waals surface area contributed by atoms with Crippen LogP contribution in [0.5, 0.6) is 0 Å². The molecule has 2 N–H and O–H groups in total. The van der Waals surface area contributed by atoms with Gasteiger partial charge >= 0.3 is 5.97 Å². The Morgan fingerprint density at radius 1 is 1.31 bits per heavy atom. The van der Waals surface area contributed by atoms with E-state index >= 15 is 4.39 Å². The Morgan fingerprint density at radius 2 is 2.04 bits per heavy atom. The Balaban J connectivity index is 1.97. The molecule has 1 saturated heterocycles. The van der Waals surface area contributed by atoms with E-state index in [9.17, 15) is 19.1 Å². The number of carboxylic acid groups (broad SMARTS) is 1. The molecule has 1 saturated carbocycles. The second kappa shape index (κ2) is 6.05. The molecule has 2 fully saturated rings. The first-order valence-corrected chi connectivity index (χ1v) is 8.64. The number of pyridine rings is 1. The van der Waals surface area contributed by atoms with E-state index < -0.39 is 28.6 Å². The van der Waals surface area contributed by atoms with Gasteiger partial charge in [0.2, 0.25) is 5.43 Å². The number of anilines is 1. The fourth-order valence-corrected chi connectivity index (χ4v) is 3.71. The monoisotopic (exact) mass is 363 g/mol. The van der Waals surface area contributed by atoms with Crippen LogP contribution >= 0.6 is 0 Å². The van der Waals surface area contributed by atoms with Gasteiger partial charge in [-0.05, 0) is 32.4 Å². The molecule has 0 spiro atoms. The van der Waals surface area contributed by atoms with Crippen molar-refractivity contribution < 1.29 is 18.7 Å². The van der Waals surface area contributed by atoms with Gasteiger partial charge in [-0.2, -0.15) is 0 Å². The van der Waals surface area contributed by atoms with E-state index in [0.717, 1.165) is 25.3 Å². The third kappa shape index (κ3) is 2.56. The number of aromatic nitrogens is 1. The molecule has 8 heteroatoms. The predicted molar refractivity (Wildman–Crippen MR) is 93.0 cm³/mol. The second-order valence-corrected chi connectivity index (χ2v) is 6.95. The fourth-order valence-electron chi connectivity index (χ4n) is 3.71. The molecule has 2 aromatic rings. The maximum Gasteiger partial charge on any atom is 0.341 e. The van der Waals surface area contributed by atoms with E-state index in [1.165, 1.54) is 10.8 Å². The minimum atomic E-state index is -1.40. The maximum atomic E-state index is 15.4. The Bertz CT molecular complexity index is 969. The van der Waals surface area contributed by atoms with Crippen LogP contribution in [0, 0.1) is 11.6 Å².